The third kappa shape index (κ3) is 4.39. The van der Waals surface area contributed by atoms with Crippen LogP contribution in [0.2, 0.25) is 0 Å². The minimum Gasteiger partial charge on any atom is -0.449 e. The second kappa shape index (κ2) is 9.60. The summed E-state index contributed by atoms with van der Waals surface area (Å²) in [6.07, 6.45) is 2.33. The van der Waals surface area contributed by atoms with Crippen LogP contribution in [0.15, 0.2) is 48.7 Å². The number of carbonyl (C=O) groups excluding carboxylic acids is 2. The quantitative estimate of drug-likeness (QED) is 0.415. The van der Waals surface area contributed by atoms with E-state index in [1.54, 1.807) is 4.90 Å². The van der Waals surface area contributed by atoms with Gasteiger partial charge >= 0.3 is 6.09 Å². The van der Waals surface area contributed by atoms with Gasteiger partial charge in [0.05, 0.1) is 29.5 Å². The van der Waals surface area contributed by atoms with Gasteiger partial charge in [-0.15, -0.1) is 0 Å². The van der Waals surface area contributed by atoms with E-state index in [-0.39, 0.29) is 18.0 Å². The largest absolute Gasteiger partial charge is 0.449 e. The molecule has 1 atom stereocenters. The van der Waals surface area contributed by atoms with Crippen LogP contribution in [0.1, 0.15) is 36.2 Å². The molecule has 8 heteroatoms. The minimum atomic E-state index is -0.307. The summed E-state index contributed by atoms with van der Waals surface area (Å²) in [7, 11) is 1.93. The zero-order valence-electron chi connectivity index (χ0n) is 21.2. The van der Waals surface area contributed by atoms with Crippen LogP contribution < -0.4 is 0 Å². The normalized spacial score (nSPS) is 16.1. The first kappa shape index (κ1) is 23.8. The highest BCUT2D eigenvalue weighted by molar-refractivity contribution is 5.99. The molecule has 1 saturated heterocycles. The summed E-state index contributed by atoms with van der Waals surface area (Å²) in [6.45, 7) is 7.79. The average molecular weight is 486 g/mol. The molecule has 2 amide bonds. The van der Waals surface area contributed by atoms with Gasteiger partial charge in [0, 0.05) is 54.6 Å². The molecule has 3 heterocycles. The van der Waals surface area contributed by atoms with E-state index in [2.05, 4.69) is 36.3 Å². The van der Waals surface area contributed by atoms with Gasteiger partial charge in [0.25, 0.3) is 5.91 Å². The molecule has 2 aromatic carbocycles. The van der Waals surface area contributed by atoms with Crippen molar-refractivity contribution in [3.63, 3.8) is 0 Å². The highest BCUT2D eigenvalue weighted by Crippen LogP contribution is 2.28. The Bertz CT molecular complexity index is 1460. The summed E-state index contributed by atoms with van der Waals surface area (Å²) in [5, 5.41) is 6.41. The average Bonchev–Trinajstić information content (AvgIpc) is 3.26. The molecule has 186 valence electrons. The lowest BCUT2D eigenvalue weighted by Gasteiger charge is -2.39. The van der Waals surface area contributed by atoms with E-state index in [1.807, 2.05) is 54.9 Å². The summed E-state index contributed by atoms with van der Waals surface area (Å²) in [4.78, 5) is 34.1. The number of carbonyl (C=O) groups is 2. The first-order valence-corrected chi connectivity index (χ1v) is 12.4. The number of ether oxygens (including phenoxy) is 1. The lowest BCUT2D eigenvalue weighted by molar-refractivity contribution is 0.0412. The first-order valence-electron chi connectivity index (χ1n) is 12.4. The van der Waals surface area contributed by atoms with Crippen LogP contribution in [0.5, 0.6) is 0 Å². The van der Waals surface area contributed by atoms with E-state index in [9.17, 15) is 9.59 Å². The molecule has 0 bridgehead atoms. The van der Waals surface area contributed by atoms with Crippen molar-refractivity contribution in [3.05, 3.63) is 59.8 Å². The van der Waals surface area contributed by atoms with Crippen molar-refractivity contribution in [2.24, 2.45) is 7.05 Å². The molecule has 1 aliphatic heterocycles. The molecule has 0 unspecified atom stereocenters. The summed E-state index contributed by atoms with van der Waals surface area (Å²) in [6, 6.07) is 13.9. The Hall–Kier alpha value is -3.94. The van der Waals surface area contributed by atoms with Crippen LogP contribution in [-0.4, -0.2) is 68.8 Å². The number of amides is 2. The molecule has 0 saturated carbocycles. The van der Waals surface area contributed by atoms with Crippen molar-refractivity contribution >= 4 is 33.8 Å². The SMILES string of the molecule is CCCOC(=O)N1CCN(C(=O)c2ccc3c(C)cc(-c4ccc5c(cnn5C)c4)nc3c2)C[C@H]1C. The van der Waals surface area contributed by atoms with Gasteiger partial charge in [-0.05, 0) is 56.2 Å². The number of pyridine rings is 1. The maximum absolute atomic E-state index is 13.4. The molecule has 8 nitrogen and oxygen atoms in total. The number of benzene rings is 2. The summed E-state index contributed by atoms with van der Waals surface area (Å²) in [5.41, 5.74) is 5.44. The monoisotopic (exact) mass is 485 g/mol. The maximum Gasteiger partial charge on any atom is 0.410 e. The maximum atomic E-state index is 13.4. The van der Waals surface area contributed by atoms with Crippen molar-refractivity contribution in [3.8, 4) is 11.3 Å². The number of aromatic nitrogens is 3. The van der Waals surface area contributed by atoms with Crippen molar-refractivity contribution in [2.75, 3.05) is 26.2 Å². The molecule has 0 radical (unpaired) electrons. The van der Waals surface area contributed by atoms with Gasteiger partial charge in [-0.1, -0.05) is 19.1 Å². The Kier molecular flexibility index (Phi) is 6.35. The van der Waals surface area contributed by atoms with Gasteiger partial charge < -0.3 is 14.5 Å². The second-order valence-electron chi connectivity index (χ2n) is 9.51. The number of fused-ring (bicyclic) bond motifs is 2. The van der Waals surface area contributed by atoms with E-state index < -0.39 is 0 Å². The number of aryl methyl sites for hydroxylation is 2. The molecule has 0 spiro atoms. The lowest BCUT2D eigenvalue weighted by Crippen LogP contribution is -2.55. The summed E-state index contributed by atoms with van der Waals surface area (Å²) < 4.78 is 7.14. The van der Waals surface area contributed by atoms with E-state index in [0.717, 1.165) is 45.0 Å². The van der Waals surface area contributed by atoms with Crippen LogP contribution >= 0.6 is 0 Å². The topological polar surface area (TPSA) is 80.6 Å². The fraction of sp³-hybridized carbons (Fsp3) is 0.357. The third-order valence-corrected chi connectivity index (χ3v) is 6.88. The van der Waals surface area contributed by atoms with Crippen LogP contribution in [0.4, 0.5) is 4.79 Å². The van der Waals surface area contributed by atoms with Gasteiger partial charge in [0.2, 0.25) is 0 Å². The molecule has 1 aliphatic rings. The van der Waals surface area contributed by atoms with Gasteiger partial charge in [-0.2, -0.15) is 5.10 Å². The highest BCUT2D eigenvalue weighted by atomic mass is 16.6. The smallest absolute Gasteiger partial charge is 0.410 e. The Balaban J connectivity index is 1.39. The van der Waals surface area contributed by atoms with Crippen LogP contribution in [0.3, 0.4) is 0 Å². The number of hydrogen-bond acceptors (Lipinski definition) is 5. The Morgan fingerprint density at radius 2 is 1.94 bits per heavy atom. The molecule has 5 rings (SSSR count). The molecular formula is C28H31N5O3. The van der Waals surface area contributed by atoms with E-state index >= 15 is 0 Å². The van der Waals surface area contributed by atoms with Crippen LogP contribution in [0.25, 0.3) is 33.1 Å². The Morgan fingerprint density at radius 3 is 2.72 bits per heavy atom. The molecule has 36 heavy (non-hydrogen) atoms. The van der Waals surface area contributed by atoms with E-state index in [4.69, 9.17) is 9.72 Å². The number of hydrogen-bond donors (Lipinski definition) is 0. The van der Waals surface area contributed by atoms with Crippen LogP contribution in [-0.2, 0) is 11.8 Å². The second-order valence-corrected chi connectivity index (χ2v) is 9.51. The highest BCUT2D eigenvalue weighted by Gasteiger charge is 2.31. The van der Waals surface area contributed by atoms with Crippen molar-refractivity contribution in [2.45, 2.75) is 33.2 Å². The molecule has 1 fully saturated rings. The Morgan fingerprint density at radius 1 is 1.11 bits per heavy atom. The van der Waals surface area contributed by atoms with Crippen LogP contribution in [0, 0.1) is 6.92 Å². The molecule has 0 N–H and O–H groups in total. The van der Waals surface area contributed by atoms with E-state index in [0.29, 0.717) is 31.8 Å². The summed E-state index contributed by atoms with van der Waals surface area (Å²) in [5.74, 6) is -0.0491. The molecule has 0 aliphatic carbocycles. The Labute approximate surface area is 210 Å². The fourth-order valence-electron chi connectivity index (χ4n) is 4.87. The summed E-state index contributed by atoms with van der Waals surface area (Å²) >= 11 is 0. The van der Waals surface area contributed by atoms with Gasteiger partial charge in [-0.25, -0.2) is 9.78 Å². The molecular weight excluding hydrogens is 454 g/mol. The lowest BCUT2D eigenvalue weighted by atomic mass is 10.0. The number of rotatable bonds is 4. The van der Waals surface area contributed by atoms with Gasteiger partial charge in [0.1, 0.15) is 0 Å². The zero-order valence-corrected chi connectivity index (χ0v) is 21.2. The van der Waals surface area contributed by atoms with Crippen molar-refractivity contribution < 1.29 is 14.3 Å². The van der Waals surface area contributed by atoms with Gasteiger partial charge in [-0.3, -0.25) is 9.48 Å². The third-order valence-electron chi connectivity index (χ3n) is 6.88. The fourth-order valence-corrected chi connectivity index (χ4v) is 4.87. The van der Waals surface area contributed by atoms with Gasteiger partial charge in [0.15, 0.2) is 0 Å². The predicted octanol–water partition coefficient (Wildman–Crippen LogP) is 4.79. The molecule has 4 aromatic rings. The number of piperazine rings is 1. The zero-order chi connectivity index (χ0) is 25.4. The van der Waals surface area contributed by atoms with Crippen molar-refractivity contribution in [1.82, 2.24) is 24.6 Å². The standard InChI is InChI=1S/C28H31N5O3/c1-5-12-36-28(35)33-11-10-32(17-19(33)3)27(34)21-6-8-23-18(2)13-24(30-25(23)15-21)20-7-9-26-22(14-20)16-29-31(26)4/h6-9,13-16,19H,5,10-12,17H2,1-4H3/t19-/m1/s1. The number of nitrogens with zero attached hydrogens (tertiary/aromatic N) is 5. The van der Waals surface area contributed by atoms with Crippen molar-refractivity contribution in [1.29, 1.82) is 0 Å². The molecule has 2 aromatic heterocycles. The first-order chi connectivity index (χ1) is 17.4. The van der Waals surface area contributed by atoms with E-state index in [1.165, 1.54) is 0 Å². The minimum absolute atomic E-state index is 0.0491. The predicted molar refractivity (Wildman–Crippen MR) is 140 cm³/mol.